The van der Waals surface area contributed by atoms with E-state index in [0.29, 0.717) is 5.56 Å². The maximum atomic E-state index is 13.1. The number of phosphoric ester groups is 1. The first-order chi connectivity index (χ1) is 16.7. The zero-order valence-corrected chi connectivity index (χ0v) is 18.0. The molecule has 170 valence electrons. The molecule has 4 rings (SSSR count). The quantitative estimate of drug-likeness (QED) is 0.410. The number of fused-ring (bicyclic) bond motifs is 1. The molecule has 0 radical (unpaired) electrons. The van der Waals surface area contributed by atoms with Crippen molar-refractivity contribution in [1.29, 1.82) is 0 Å². The highest BCUT2D eigenvalue weighted by Gasteiger charge is 2.35. The van der Waals surface area contributed by atoms with Crippen LogP contribution in [0.1, 0.15) is 23.4 Å². The van der Waals surface area contributed by atoms with Gasteiger partial charge in [-0.15, -0.1) is 0 Å². The number of phenolic OH excluding ortho intramolecular Hbond substituents is 1. The molecule has 0 saturated carbocycles. The minimum absolute atomic E-state index is 0.0481. The Balaban J connectivity index is 2.03. The van der Waals surface area contributed by atoms with Gasteiger partial charge in [0.2, 0.25) is 0 Å². The molecule has 11 heteroatoms. The second-order valence-corrected chi connectivity index (χ2v) is 8.94. The Labute approximate surface area is 193 Å². The predicted octanol–water partition coefficient (Wildman–Crippen LogP) is 3.07. The second-order valence-electron chi connectivity index (χ2n) is 7.37. The van der Waals surface area contributed by atoms with Crippen molar-refractivity contribution in [2.75, 3.05) is 20.1 Å². The van der Waals surface area contributed by atoms with Crippen LogP contribution in [-0.2, 0) is 4.57 Å². The van der Waals surface area contributed by atoms with E-state index in [2.05, 4.69) is 0 Å². The summed E-state index contributed by atoms with van der Waals surface area (Å²) in [6.07, 6.45) is -1.48. The molecule has 2 unspecified atom stereocenters. The fourth-order valence-electron chi connectivity index (χ4n) is 3.84. The van der Waals surface area contributed by atoms with E-state index < -0.39 is 55.2 Å². The van der Waals surface area contributed by atoms with Crippen molar-refractivity contribution >= 4 is 30.4 Å². The number of phosphoric acid groups is 1. The zero-order chi connectivity index (χ0) is 26.6. The van der Waals surface area contributed by atoms with Crippen molar-refractivity contribution in [3.8, 4) is 22.8 Å². The van der Waals surface area contributed by atoms with Gasteiger partial charge in [0.15, 0.2) is 5.43 Å². The number of nitrogens with zero attached hydrogens (tertiary/aromatic N) is 1. The molecule has 0 amide bonds. The average molecular weight is 486 g/mol. The van der Waals surface area contributed by atoms with Crippen molar-refractivity contribution in [3.05, 3.63) is 57.2 Å². The van der Waals surface area contributed by atoms with Gasteiger partial charge in [0.25, 0.3) is 0 Å². The standard InChI is InChI=1S/C21H21ClNO8P/c1-23-7-6-12(16(26)10-23)19-18(31-32(27,28)29)9-15(25)20-14(24)8-17(30-21(19)20)11-4-2-3-5-13(11)22/h2-5,8-9,12,16,25-26H,6-7,10H2,1H3,(H2,27,28,29)/i1D3,9D. The van der Waals surface area contributed by atoms with E-state index in [1.807, 2.05) is 0 Å². The summed E-state index contributed by atoms with van der Waals surface area (Å²) in [5, 5.41) is 21.3. The molecular formula is C21H21ClNO8P. The number of benzene rings is 2. The number of hydrogen-bond acceptors (Lipinski definition) is 7. The molecule has 0 aliphatic carbocycles. The number of aromatic hydroxyl groups is 1. The lowest BCUT2D eigenvalue weighted by Gasteiger charge is -2.34. The van der Waals surface area contributed by atoms with Crippen LogP contribution in [0.4, 0.5) is 0 Å². The molecule has 4 N–H and O–H groups in total. The Morgan fingerprint density at radius 2 is 2.12 bits per heavy atom. The van der Waals surface area contributed by atoms with Gasteiger partial charge in [0.1, 0.15) is 28.2 Å². The van der Waals surface area contributed by atoms with Gasteiger partial charge in [-0.1, -0.05) is 23.7 Å². The molecule has 1 aliphatic heterocycles. The van der Waals surface area contributed by atoms with E-state index in [0.717, 1.165) is 11.0 Å². The van der Waals surface area contributed by atoms with Crippen LogP contribution >= 0.6 is 19.4 Å². The van der Waals surface area contributed by atoms with Crippen LogP contribution in [0, 0.1) is 0 Å². The number of hydrogen-bond donors (Lipinski definition) is 4. The molecule has 32 heavy (non-hydrogen) atoms. The number of halogens is 1. The maximum Gasteiger partial charge on any atom is 0.524 e. The van der Waals surface area contributed by atoms with Crippen molar-refractivity contribution in [2.45, 2.75) is 18.4 Å². The van der Waals surface area contributed by atoms with Crippen LogP contribution < -0.4 is 9.95 Å². The number of phenols is 1. The number of likely N-dealkylation sites (tertiary alicyclic amines) is 1. The van der Waals surface area contributed by atoms with E-state index in [1.54, 1.807) is 24.3 Å². The lowest BCUT2D eigenvalue weighted by molar-refractivity contribution is 0.0632. The highest BCUT2D eigenvalue weighted by atomic mass is 35.5. The smallest absolute Gasteiger partial charge is 0.507 e. The molecule has 2 aromatic carbocycles. The minimum Gasteiger partial charge on any atom is -0.507 e. The van der Waals surface area contributed by atoms with Crippen molar-refractivity contribution in [1.82, 2.24) is 4.90 Å². The molecule has 1 aromatic heterocycles. The number of aliphatic hydroxyl groups excluding tert-OH is 1. The van der Waals surface area contributed by atoms with Crippen LogP contribution in [0.25, 0.3) is 22.3 Å². The SMILES string of the molecule is [2H]c1c(OP(=O)(O)O)c(C2CCN(C([2H])([2H])[2H])CC2O)c2oc(-c3ccccc3Cl)cc(=O)c2c1O. The second kappa shape index (κ2) is 8.51. The van der Waals surface area contributed by atoms with Crippen LogP contribution in [0.3, 0.4) is 0 Å². The number of piperidine rings is 1. The normalized spacial score (nSPS) is 22.1. The van der Waals surface area contributed by atoms with E-state index in [4.69, 9.17) is 26.0 Å². The highest BCUT2D eigenvalue weighted by Crippen LogP contribution is 2.48. The van der Waals surface area contributed by atoms with Gasteiger partial charge in [-0.25, -0.2) is 4.57 Å². The Hall–Kier alpha value is -2.39. The summed E-state index contributed by atoms with van der Waals surface area (Å²) in [6, 6.07) is 6.53. The summed E-state index contributed by atoms with van der Waals surface area (Å²) in [5.41, 5.74) is -1.11. The van der Waals surface area contributed by atoms with Gasteiger partial charge in [-0.2, -0.15) is 0 Å². The van der Waals surface area contributed by atoms with Gasteiger partial charge in [0.05, 0.1) is 12.5 Å². The molecule has 2 heterocycles. The first-order valence-electron chi connectivity index (χ1n) is 11.5. The highest BCUT2D eigenvalue weighted by molar-refractivity contribution is 7.46. The summed E-state index contributed by atoms with van der Waals surface area (Å²) in [6.45, 7) is -2.91. The van der Waals surface area contributed by atoms with Crippen LogP contribution in [0.2, 0.25) is 5.02 Å². The van der Waals surface area contributed by atoms with Gasteiger partial charge in [-0.05, 0) is 32.1 Å². The topological polar surface area (TPSA) is 141 Å². The summed E-state index contributed by atoms with van der Waals surface area (Å²) in [4.78, 5) is 33.1. The van der Waals surface area contributed by atoms with E-state index in [-0.39, 0.29) is 41.4 Å². The Bertz CT molecular complexity index is 1440. The Morgan fingerprint density at radius 1 is 1.38 bits per heavy atom. The van der Waals surface area contributed by atoms with Crippen LogP contribution in [0.5, 0.6) is 11.5 Å². The number of aliphatic hydroxyl groups is 1. The first-order valence-corrected chi connectivity index (χ1v) is 11.4. The third-order valence-electron chi connectivity index (χ3n) is 5.21. The molecule has 0 spiro atoms. The maximum absolute atomic E-state index is 13.1. The lowest BCUT2D eigenvalue weighted by atomic mass is 9.85. The van der Waals surface area contributed by atoms with Gasteiger partial charge in [0, 0.05) is 39.8 Å². The van der Waals surface area contributed by atoms with Crippen molar-refractivity contribution in [2.24, 2.45) is 0 Å². The summed E-state index contributed by atoms with van der Waals surface area (Å²) in [5.74, 6) is -2.85. The third kappa shape index (κ3) is 4.41. The average Bonchev–Trinajstić information content (AvgIpc) is 2.76. The Kier molecular flexibility index (Phi) is 4.81. The number of likely N-dealkylation sites (N-methyl/N-ethyl adjacent to an activating group) is 1. The van der Waals surface area contributed by atoms with Gasteiger partial charge >= 0.3 is 7.82 Å². The number of β-amino-alcohol motifs (C(OH)–C–C–N with tert-alkyl or cyclic N) is 1. The third-order valence-corrected chi connectivity index (χ3v) is 5.96. The largest absolute Gasteiger partial charge is 0.524 e. The van der Waals surface area contributed by atoms with E-state index in [1.165, 1.54) is 0 Å². The fraction of sp³-hybridized carbons (Fsp3) is 0.286. The molecular weight excluding hydrogens is 461 g/mol. The Morgan fingerprint density at radius 3 is 2.78 bits per heavy atom. The predicted molar refractivity (Wildman–Crippen MR) is 118 cm³/mol. The summed E-state index contributed by atoms with van der Waals surface area (Å²) < 4.78 is 53.5. The van der Waals surface area contributed by atoms with Crippen LogP contribution in [-0.4, -0.2) is 51.1 Å². The lowest BCUT2D eigenvalue weighted by Crippen LogP contribution is -2.40. The monoisotopic (exact) mass is 485 g/mol. The van der Waals surface area contributed by atoms with Crippen molar-refractivity contribution < 1.29 is 39.0 Å². The van der Waals surface area contributed by atoms with E-state index in [9.17, 15) is 29.4 Å². The summed E-state index contributed by atoms with van der Waals surface area (Å²) >= 11 is 6.24. The molecule has 1 saturated heterocycles. The van der Waals surface area contributed by atoms with Crippen LogP contribution in [0.15, 0.2) is 45.6 Å². The van der Waals surface area contributed by atoms with Gasteiger partial charge in [-0.3, -0.25) is 14.6 Å². The minimum atomic E-state index is -5.29. The van der Waals surface area contributed by atoms with Crippen molar-refractivity contribution in [3.63, 3.8) is 0 Å². The first kappa shape index (κ1) is 18.1. The zero-order valence-electron chi connectivity index (χ0n) is 20.4. The molecule has 2 atom stereocenters. The van der Waals surface area contributed by atoms with Gasteiger partial charge < -0.3 is 24.1 Å². The fourth-order valence-corrected chi connectivity index (χ4v) is 4.45. The summed E-state index contributed by atoms with van der Waals surface area (Å²) in [7, 11) is -5.29. The molecule has 3 aromatic rings. The molecule has 1 aliphatic rings. The van der Waals surface area contributed by atoms with E-state index >= 15 is 0 Å². The molecule has 0 bridgehead atoms. The molecule has 1 fully saturated rings. The number of rotatable bonds is 4. The molecule has 9 nitrogen and oxygen atoms in total.